The molecule has 0 unspecified atom stereocenters. The number of hydrogen-bond donors (Lipinski definition) is 2. The molecule has 1 fully saturated rings. The lowest BCUT2D eigenvalue weighted by Crippen LogP contribution is -2.34. The van der Waals surface area contributed by atoms with Gasteiger partial charge in [-0.3, -0.25) is 9.59 Å². The Balaban J connectivity index is 1.57. The molecule has 3 N–H and O–H groups in total. The number of hydrogen-bond acceptors (Lipinski definition) is 4. The number of pyridine rings is 1. The van der Waals surface area contributed by atoms with Gasteiger partial charge in [0.25, 0.3) is 5.91 Å². The normalized spacial score (nSPS) is 20.4. The maximum atomic E-state index is 12.4. The minimum absolute atomic E-state index is 0.00376. The van der Waals surface area contributed by atoms with Crippen molar-refractivity contribution in [2.24, 2.45) is 23.5 Å². The molecule has 2 heterocycles. The number of carbonyl (C=O) groups is 2. The van der Waals surface area contributed by atoms with Gasteiger partial charge in [-0.25, -0.2) is 9.67 Å². The minimum Gasteiger partial charge on any atom is -0.369 e. The monoisotopic (exact) mass is 357 g/mol. The molecule has 0 bridgehead atoms. The Morgan fingerprint density at radius 2 is 2.00 bits per heavy atom. The van der Waals surface area contributed by atoms with Crippen LogP contribution in [0.15, 0.2) is 18.5 Å². The summed E-state index contributed by atoms with van der Waals surface area (Å²) in [5.74, 6) is 0.557. The Hall–Kier alpha value is -2.44. The fraction of sp³-hybridized carbons (Fsp3) is 0.579. The zero-order chi connectivity index (χ0) is 18.7. The van der Waals surface area contributed by atoms with Crippen LogP contribution in [0.3, 0.4) is 0 Å². The maximum Gasteiger partial charge on any atom is 0.252 e. The van der Waals surface area contributed by atoms with Crippen LogP contribution in [0.4, 0.5) is 0 Å². The second kappa shape index (κ2) is 7.85. The summed E-state index contributed by atoms with van der Waals surface area (Å²) in [6.45, 7) is 5.68. The molecular formula is C19H27N5O2. The van der Waals surface area contributed by atoms with Gasteiger partial charge < -0.3 is 11.1 Å². The number of carbonyl (C=O) groups excluding carboxylic acids is 2. The van der Waals surface area contributed by atoms with Crippen LogP contribution >= 0.6 is 0 Å². The number of primary amides is 1. The molecule has 2 aromatic heterocycles. The van der Waals surface area contributed by atoms with Gasteiger partial charge in [-0.15, -0.1) is 0 Å². The van der Waals surface area contributed by atoms with E-state index in [1.54, 1.807) is 12.4 Å². The molecule has 2 aromatic rings. The minimum atomic E-state index is -0.204. The molecule has 0 spiro atoms. The SMILES string of the molecule is CC(C)Cn1ncc2cc(C(=O)NCC3CCC(C(N)=O)CC3)cnc21. The Morgan fingerprint density at radius 1 is 1.27 bits per heavy atom. The molecule has 0 aliphatic heterocycles. The van der Waals surface area contributed by atoms with Crippen molar-refractivity contribution in [1.82, 2.24) is 20.1 Å². The van der Waals surface area contributed by atoms with E-state index < -0.39 is 0 Å². The van der Waals surface area contributed by atoms with E-state index in [4.69, 9.17) is 5.73 Å². The zero-order valence-corrected chi connectivity index (χ0v) is 15.4. The van der Waals surface area contributed by atoms with Crippen molar-refractivity contribution >= 4 is 22.8 Å². The number of nitrogens with one attached hydrogen (secondary N) is 1. The lowest BCUT2D eigenvalue weighted by Gasteiger charge is -2.26. The van der Waals surface area contributed by atoms with Crippen molar-refractivity contribution in [3.05, 3.63) is 24.0 Å². The molecular weight excluding hydrogens is 330 g/mol. The van der Waals surface area contributed by atoms with Gasteiger partial charge in [-0.05, 0) is 43.6 Å². The van der Waals surface area contributed by atoms with Gasteiger partial charge in [0, 0.05) is 30.6 Å². The fourth-order valence-electron chi connectivity index (χ4n) is 3.57. The summed E-state index contributed by atoms with van der Waals surface area (Å²) in [6.07, 6.45) is 6.85. The number of amides is 2. The van der Waals surface area contributed by atoms with E-state index in [2.05, 4.69) is 29.2 Å². The third-order valence-electron chi connectivity index (χ3n) is 5.08. The number of aromatic nitrogens is 3. The van der Waals surface area contributed by atoms with E-state index in [1.807, 2.05) is 10.7 Å². The molecule has 0 saturated heterocycles. The van der Waals surface area contributed by atoms with Crippen molar-refractivity contribution in [3.8, 4) is 0 Å². The van der Waals surface area contributed by atoms with Gasteiger partial charge in [-0.1, -0.05) is 13.8 Å². The molecule has 3 rings (SSSR count). The zero-order valence-electron chi connectivity index (χ0n) is 15.4. The predicted molar refractivity (Wildman–Crippen MR) is 99.3 cm³/mol. The second-order valence-corrected chi connectivity index (χ2v) is 7.69. The number of nitrogens with zero attached hydrogens (tertiary/aromatic N) is 3. The highest BCUT2D eigenvalue weighted by molar-refractivity contribution is 5.96. The summed E-state index contributed by atoms with van der Waals surface area (Å²) in [7, 11) is 0. The predicted octanol–water partition coefficient (Wildman–Crippen LogP) is 2.11. The van der Waals surface area contributed by atoms with Crippen molar-refractivity contribution < 1.29 is 9.59 Å². The first-order valence-corrected chi connectivity index (χ1v) is 9.33. The third kappa shape index (κ3) is 4.20. The Morgan fingerprint density at radius 3 is 2.65 bits per heavy atom. The first-order valence-electron chi connectivity index (χ1n) is 9.33. The Labute approximate surface area is 153 Å². The maximum absolute atomic E-state index is 12.4. The number of rotatable bonds is 6. The Bertz CT molecular complexity index is 790. The molecule has 7 nitrogen and oxygen atoms in total. The second-order valence-electron chi connectivity index (χ2n) is 7.69. The van der Waals surface area contributed by atoms with Crippen LogP contribution in [0.1, 0.15) is 49.9 Å². The fourth-order valence-corrected chi connectivity index (χ4v) is 3.57. The standard InChI is InChI=1S/C19H27N5O2/c1-12(2)11-24-18-15(10-23-24)7-16(9-21-18)19(26)22-8-13-3-5-14(6-4-13)17(20)25/h7,9-10,12-14H,3-6,8,11H2,1-2H3,(H2,20,25)(H,22,26). The van der Waals surface area contributed by atoms with Gasteiger partial charge in [-0.2, -0.15) is 5.10 Å². The lowest BCUT2D eigenvalue weighted by atomic mass is 9.81. The van der Waals surface area contributed by atoms with Gasteiger partial charge in [0.15, 0.2) is 5.65 Å². The average Bonchev–Trinajstić information content (AvgIpc) is 3.01. The summed E-state index contributed by atoms with van der Waals surface area (Å²) in [4.78, 5) is 28.1. The van der Waals surface area contributed by atoms with Crippen LogP contribution in [0.2, 0.25) is 0 Å². The first-order chi connectivity index (χ1) is 12.4. The topological polar surface area (TPSA) is 103 Å². The molecule has 26 heavy (non-hydrogen) atoms. The summed E-state index contributed by atoms with van der Waals surface area (Å²) in [6, 6.07) is 1.84. The van der Waals surface area contributed by atoms with E-state index in [1.165, 1.54) is 0 Å². The molecule has 0 aromatic carbocycles. The smallest absolute Gasteiger partial charge is 0.252 e. The summed E-state index contributed by atoms with van der Waals surface area (Å²) in [5.41, 5.74) is 6.72. The number of nitrogens with two attached hydrogens (primary N) is 1. The molecule has 7 heteroatoms. The summed E-state index contributed by atoms with van der Waals surface area (Å²) in [5, 5.41) is 8.23. The quantitative estimate of drug-likeness (QED) is 0.826. The highest BCUT2D eigenvalue weighted by Crippen LogP contribution is 2.28. The van der Waals surface area contributed by atoms with Crippen LogP contribution in [0.25, 0.3) is 11.0 Å². The molecule has 0 radical (unpaired) electrons. The van der Waals surface area contributed by atoms with Crippen molar-refractivity contribution in [2.45, 2.75) is 46.1 Å². The van der Waals surface area contributed by atoms with Crippen LogP contribution < -0.4 is 11.1 Å². The lowest BCUT2D eigenvalue weighted by molar-refractivity contribution is -0.122. The average molecular weight is 357 g/mol. The van der Waals surface area contributed by atoms with Crippen molar-refractivity contribution in [1.29, 1.82) is 0 Å². The van der Waals surface area contributed by atoms with Gasteiger partial charge in [0.05, 0.1) is 11.8 Å². The van der Waals surface area contributed by atoms with E-state index in [0.717, 1.165) is 43.3 Å². The van der Waals surface area contributed by atoms with Gasteiger partial charge in [0.1, 0.15) is 0 Å². The van der Waals surface area contributed by atoms with Crippen LogP contribution in [-0.4, -0.2) is 33.1 Å². The first kappa shape index (κ1) is 18.4. The highest BCUT2D eigenvalue weighted by atomic mass is 16.2. The van der Waals surface area contributed by atoms with Crippen LogP contribution in [0.5, 0.6) is 0 Å². The van der Waals surface area contributed by atoms with Crippen molar-refractivity contribution in [3.63, 3.8) is 0 Å². The van der Waals surface area contributed by atoms with E-state index in [0.29, 0.717) is 23.9 Å². The summed E-state index contributed by atoms with van der Waals surface area (Å²) < 4.78 is 1.87. The third-order valence-corrected chi connectivity index (χ3v) is 5.08. The van der Waals surface area contributed by atoms with E-state index in [-0.39, 0.29) is 17.7 Å². The number of fused-ring (bicyclic) bond motifs is 1. The molecule has 1 saturated carbocycles. The van der Waals surface area contributed by atoms with E-state index >= 15 is 0 Å². The van der Waals surface area contributed by atoms with Crippen molar-refractivity contribution in [2.75, 3.05) is 6.54 Å². The molecule has 0 atom stereocenters. The van der Waals surface area contributed by atoms with E-state index in [9.17, 15) is 9.59 Å². The summed E-state index contributed by atoms with van der Waals surface area (Å²) >= 11 is 0. The van der Waals surface area contributed by atoms with Crippen LogP contribution in [0, 0.1) is 17.8 Å². The van der Waals surface area contributed by atoms with Crippen LogP contribution in [-0.2, 0) is 11.3 Å². The molecule has 140 valence electrons. The molecule has 2 amide bonds. The molecule has 1 aliphatic rings. The highest BCUT2D eigenvalue weighted by Gasteiger charge is 2.25. The largest absolute Gasteiger partial charge is 0.369 e. The van der Waals surface area contributed by atoms with Gasteiger partial charge in [0.2, 0.25) is 5.91 Å². The molecule has 1 aliphatic carbocycles. The Kier molecular flexibility index (Phi) is 5.54. The van der Waals surface area contributed by atoms with Gasteiger partial charge >= 0.3 is 0 Å².